The number of urea groups is 1. The summed E-state index contributed by atoms with van der Waals surface area (Å²) in [6.07, 6.45) is 5.23. The molecule has 170 valence electrons. The maximum Gasteiger partial charge on any atom is 0.324 e. The van der Waals surface area contributed by atoms with Gasteiger partial charge in [0.25, 0.3) is 0 Å². The first-order valence-electron chi connectivity index (χ1n) is 10.3. The average Bonchev–Trinajstić information content (AvgIpc) is 3.51. The van der Waals surface area contributed by atoms with Crippen LogP contribution in [-0.4, -0.2) is 48.4 Å². The Labute approximate surface area is 186 Å². The molecule has 0 radical (unpaired) electrons. The van der Waals surface area contributed by atoms with Gasteiger partial charge >= 0.3 is 6.03 Å². The van der Waals surface area contributed by atoms with Crippen LogP contribution in [0.4, 0.5) is 4.79 Å². The van der Waals surface area contributed by atoms with Gasteiger partial charge in [0.2, 0.25) is 15.9 Å². The molecule has 1 saturated carbocycles. The summed E-state index contributed by atoms with van der Waals surface area (Å²) in [6.45, 7) is 4.07. The Hall–Kier alpha value is -3.05. The zero-order valence-corrected chi connectivity index (χ0v) is 18.7. The van der Waals surface area contributed by atoms with Crippen molar-refractivity contribution >= 4 is 22.0 Å². The number of aromatic nitrogens is 2. The number of hydrogen-bond donors (Lipinski definition) is 2. The van der Waals surface area contributed by atoms with Gasteiger partial charge in [-0.1, -0.05) is 6.07 Å². The quantitative estimate of drug-likeness (QED) is 0.544. The highest BCUT2D eigenvalue weighted by molar-refractivity contribution is 7.89. The summed E-state index contributed by atoms with van der Waals surface area (Å²) in [7, 11) is -3.85. The number of benzene rings is 1. The predicted octanol–water partition coefficient (Wildman–Crippen LogP) is 1.53. The fourth-order valence-corrected chi connectivity index (χ4v) is 4.67. The van der Waals surface area contributed by atoms with E-state index in [9.17, 15) is 18.0 Å². The van der Waals surface area contributed by atoms with Crippen LogP contribution >= 0.6 is 0 Å². The highest BCUT2D eigenvalue weighted by Crippen LogP contribution is 2.30. The third kappa shape index (κ3) is 5.22. The third-order valence-corrected chi connectivity index (χ3v) is 6.91. The van der Waals surface area contributed by atoms with Crippen molar-refractivity contribution in [2.24, 2.45) is 5.92 Å². The monoisotopic (exact) mass is 459 g/mol. The summed E-state index contributed by atoms with van der Waals surface area (Å²) in [5.74, 6) is 0.720. The maximum absolute atomic E-state index is 13.0. The molecule has 10 nitrogen and oxygen atoms in total. The second-order valence-corrected chi connectivity index (χ2v) is 10.2. The molecule has 3 amide bonds. The van der Waals surface area contributed by atoms with Gasteiger partial charge in [0.05, 0.1) is 47.4 Å². The number of rotatable bonds is 9. The number of amides is 3. The Bertz CT molecular complexity index is 1130. The second kappa shape index (κ2) is 8.47. The molecule has 0 unspecified atom stereocenters. The number of nitrogens with zero attached hydrogens (tertiary/aromatic N) is 3. The lowest BCUT2D eigenvalue weighted by Gasteiger charge is -2.25. The zero-order valence-electron chi connectivity index (χ0n) is 17.9. The summed E-state index contributed by atoms with van der Waals surface area (Å²) in [5, 5.41) is 2.20. The number of sulfonamides is 1. The van der Waals surface area contributed by atoms with Crippen molar-refractivity contribution in [3.63, 3.8) is 0 Å². The minimum Gasteiger partial charge on any atom is -0.493 e. The normalized spacial score (nSPS) is 16.9. The lowest BCUT2D eigenvalue weighted by atomic mass is 10.0. The Kier molecular flexibility index (Phi) is 5.87. The Morgan fingerprint density at radius 2 is 2.00 bits per heavy atom. The lowest BCUT2D eigenvalue weighted by molar-refractivity contribution is -0.118. The van der Waals surface area contributed by atoms with Gasteiger partial charge in [-0.05, 0) is 44.7 Å². The summed E-state index contributed by atoms with van der Waals surface area (Å²) < 4.78 is 34.3. The molecule has 11 heteroatoms. The van der Waals surface area contributed by atoms with Gasteiger partial charge in [-0.25, -0.2) is 13.2 Å². The first kappa shape index (κ1) is 22.2. The molecule has 0 atom stereocenters. The van der Waals surface area contributed by atoms with E-state index in [1.165, 1.54) is 29.4 Å². The van der Waals surface area contributed by atoms with Gasteiger partial charge in [-0.2, -0.15) is 4.72 Å². The van der Waals surface area contributed by atoms with Crippen molar-refractivity contribution in [1.82, 2.24) is 24.9 Å². The lowest BCUT2D eigenvalue weighted by Crippen LogP contribution is -2.41. The van der Waals surface area contributed by atoms with E-state index in [1.54, 1.807) is 26.0 Å². The standard InChI is InChI=1S/C21H25N5O5S/c1-21(2,18-10-22-15(9-23-18)11-26-12-19(27)24-20(26)28)25-32(29,30)17-5-3-4-16(8-17)31-13-14-6-7-14/h3-5,8-10,14,25H,6-7,11-13H2,1-2H3,(H,24,27,28). The van der Waals surface area contributed by atoms with Crippen molar-refractivity contribution in [2.75, 3.05) is 13.2 Å². The predicted molar refractivity (Wildman–Crippen MR) is 114 cm³/mol. The SMILES string of the molecule is CC(C)(NS(=O)(=O)c1cccc(OCC2CC2)c1)c1cnc(CN2CC(=O)NC2=O)cn1. The van der Waals surface area contributed by atoms with E-state index in [4.69, 9.17) is 4.74 Å². The Balaban J connectivity index is 1.44. The van der Waals surface area contributed by atoms with Crippen LogP contribution < -0.4 is 14.8 Å². The molecule has 4 rings (SSSR count). The smallest absolute Gasteiger partial charge is 0.324 e. The van der Waals surface area contributed by atoms with Crippen molar-refractivity contribution in [2.45, 2.75) is 43.7 Å². The average molecular weight is 460 g/mol. The minimum atomic E-state index is -3.85. The van der Waals surface area contributed by atoms with Crippen molar-refractivity contribution in [3.05, 3.63) is 48.0 Å². The van der Waals surface area contributed by atoms with Gasteiger partial charge in [0.15, 0.2) is 0 Å². The van der Waals surface area contributed by atoms with Crippen molar-refractivity contribution < 1.29 is 22.7 Å². The van der Waals surface area contributed by atoms with Crippen molar-refractivity contribution in [1.29, 1.82) is 0 Å². The second-order valence-electron chi connectivity index (χ2n) is 8.56. The van der Waals surface area contributed by atoms with Gasteiger partial charge in [-0.15, -0.1) is 0 Å². The zero-order chi connectivity index (χ0) is 22.9. The van der Waals surface area contributed by atoms with Crippen LogP contribution in [-0.2, 0) is 26.9 Å². The number of imide groups is 1. The van der Waals surface area contributed by atoms with Crippen LogP contribution in [0.25, 0.3) is 0 Å². The highest BCUT2D eigenvalue weighted by Gasteiger charge is 2.31. The Morgan fingerprint density at radius 1 is 1.22 bits per heavy atom. The van der Waals surface area contributed by atoms with E-state index in [0.29, 0.717) is 29.7 Å². The topological polar surface area (TPSA) is 131 Å². The summed E-state index contributed by atoms with van der Waals surface area (Å²) >= 11 is 0. The van der Waals surface area contributed by atoms with Gasteiger partial charge in [0.1, 0.15) is 12.3 Å². The van der Waals surface area contributed by atoms with Crippen molar-refractivity contribution in [3.8, 4) is 5.75 Å². The number of carbonyl (C=O) groups excluding carboxylic acids is 2. The largest absolute Gasteiger partial charge is 0.493 e. The Morgan fingerprint density at radius 3 is 2.62 bits per heavy atom. The molecule has 1 saturated heterocycles. The van der Waals surface area contributed by atoms with E-state index in [0.717, 1.165) is 12.8 Å². The van der Waals surface area contributed by atoms with Crippen LogP contribution in [0.3, 0.4) is 0 Å². The van der Waals surface area contributed by atoms with E-state index in [-0.39, 0.29) is 23.9 Å². The fraction of sp³-hybridized carbons (Fsp3) is 0.429. The van der Waals surface area contributed by atoms with Crippen LogP contribution in [0.15, 0.2) is 41.6 Å². The maximum atomic E-state index is 13.0. The molecule has 1 aromatic heterocycles. The molecule has 0 spiro atoms. The van der Waals surface area contributed by atoms with Crippen LogP contribution in [0.1, 0.15) is 38.1 Å². The first-order valence-corrected chi connectivity index (χ1v) is 11.8. The number of nitrogens with one attached hydrogen (secondary N) is 2. The van der Waals surface area contributed by atoms with E-state index < -0.39 is 21.6 Å². The number of carbonyl (C=O) groups is 2. The molecule has 32 heavy (non-hydrogen) atoms. The molecule has 0 bridgehead atoms. The minimum absolute atomic E-state index is 0.0308. The van der Waals surface area contributed by atoms with E-state index in [1.807, 2.05) is 0 Å². The van der Waals surface area contributed by atoms with Crippen LogP contribution in [0.2, 0.25) is 0 Å². The molecule has 2 N–H and O–H groups in total. The van der Waals surface area contributed by atoms with Gasteiger partial charge in [0, 0.05) is 6.07 Å². The van der Waals surface area contributed by atoms with E-state index >= 15 is 0 Å². The van der Waals surface area contributed by atoms with Crippen LogP contribution in [0.5, 0.6) is 5.75 Å². The molecule has 2 fully saturated rings. The number of ether oxygens (including phenoxy) is 1. The van der Waals surface area contributed by atoms with Gasteiger partial charge in [-0.3, -0.25) is 20.1 Å². The summed E-state index contributed by atoms with van der Waals surface area (Å²) in [5.41, 5.74) is -0.151. The highest BCUT2D eigenvalue weighted by atomic mass is 32.2. The molecule has 2 aliphatic rings. The molecule has 1 aliphatic heterocycles. The first-order chi connectivity index (χ1) is 15.1. The van der Waals surface area contributed by atoms with Crippen LogP contribution in [0, 0.1) is 5.92 Å². The summed E-state index contributed by atoms with van der Waals surface area (Å²) in [6, 6.07) is 5.94. The summed E-state index contributed by atoms with van der Waals surface area (Å²) in [4.78, 5) is 33.0. The number of hydrogen-bond acceptors (Lipinski definition) is 7. The van der Waals surface area contributed by atoms with Gasteiger partial charge < -0.3 is 9.64 Å². The third-order valence-electron chi connectivity index (χ3n) is 5.25. The van der Waals surface area contributed by atoms with E-state index in [2.05, 4.69) is 20.0 Å². The molecule has 1 aliphatic carbocycles. The molecular formula is C21H25N5O5S. The molecule has 1 aromatic carbocycles. The molecular weight excluding hydrogens is 434 g/mol. The fourth-order valence-electron chi connectivity index (χ4n) is 3.24. The molecule has 2 aromatic rings. The molecule has 2 heterocycles.